The second-order valence-corrected chi connectivity index (χ2v) is 7.61. The molecule has 1 aromatic rings. The third-order valence-corrected chi connectivity index (χ3v) is 4.85. The van der Waals surface area contributed by atoms with Crippen LogP contribution in [0.5, 0.6) is 0 Å². The molecule has 110 valence electrons. The molecule has 0 fully saturated rings. The minimum atomic E-state index is -3.14. The molecule has 0 aliphatic carbocycles. The van der Waals surface area contributed by atoms with Crippen LogP contribution in [0.2, 0.25) is 0 Å². The summed E-state index contributed by atoms with van der Waals surface area (Å²) in [6, 6.07) is 0.452. The van der Waals surface area contributed by atoms with Gasteiger partial charge in [-0.05, 0) is 19.4 Å². The quantitative estimate of drug-likeness (QED) is 0.641. The highest BCUT2D eigenvalue weighted by Crippen LogP contribution is 2.04. The topological polar surface area (TPSA) is 71.1 Å². The number of aromatic nitrogens is 1. The van der Waals surface area contributed by atoms with Gasteiger partial charge in [0, 0.05) is 30.6 Å². The van der Waals surface area contributed by atoms with Gasteiger partial charge in [-0.1, -0.05) is 13.8 Å². The third-order valence-electron chi connectivity index (χ3n) is 2.54. The summed E-state index contributed by atoms with van der Waals surface area (Å²) in [6.45, 7) is 5.46. The molecule has 1 heterocycles. The van der Waals surface area contributed by atoms with Crippen LogP contribution in [0.1, 0.15) is 31.7 Å². The van der Waals surface area contributed by atoms with Gasteiger partial charge in [0.2, 0.25) is 10.0 Å². The van der Waals surface area contributed by atoms with E-state index >= 15 is 0 Å². The summed E-state index contributed by atoms with van der Waals surface area (Å²) in [4.78, 5) is 4.11. The SMILES string of the molecule is CC(C)NCCCCS(=O)(=O)NCCc1nccs1. The van der Waals surface area contributed by atoms with Crippen LogP contribution in [-0.2, 0) is 16.4 Å². The molecule has 2 N–H and O–H groups in total. The van der Waals surface area contributed by atoms with Crippen LogP contribution >= 0.6 is 11.3 Å². The van der Waals surface area contributed by atoms with Gasteiger partial charge in [-0.3, -0.25) is 0 Å². The monoisotopic (exact) mass is 305 g/mol. The lowest BCUT2D eigenvalue weighted by molar-refractivity contribution is 0.555. The molecule has 0 aromatic carbocycles. The second-order valence-electron chi connectivity index (χ2n) is 4.70. The van der Waals surface area contributed by atoms with Crippen molar-refractivity contribution in [1.82, 2.24) is 15.0 Å². The van der Waals surface area contributed by atoms with Gasteiger partial charge in [-0.15, -0.1) is 11.3 Å². The van der Waals surface area contributed by atoms with Crippen molar-refractivity contribution in [3.63, 3.8) is 0 Å². The summed E-state index contributed by atoms with van der Waals surface area (Å²) in [7, 11) is -3.14. The van der Waals surface area contributed by atoms with E-state index in [1.165, 1.54) is 0 Å². The highest BCUT2D eigenvalue weighted by atomic mass is 32.2. The number of nitrogens with one attached hydrogen (secondary N) is 2. The van der Waals surface area contributed by atoms with Gasteiger partial charge in [0.05, 0.1) is 10.8 Å². The van der Waals surface area contributed by atoms with E-state index in [0.717, 1.165) is 18.0 Å². The minimum Gasteiger partial charge on any atom is -0.315 e. The van der Waals surface area contributed by atoms with E-state index in [9.17, 15) is 8.42 Å². The van der Waals surface area contributed by atoms with Crippen LogP contribution in [0.15, 0.2) is 11.6 Å². The summed E-state index contributed by atoms with van der Waals surface area (Å²) in [6.07, 6.45) is 3.96. The van der Waals surface area contributed by atoms with Gasteiger partial charge in [-0.2, -0.15) is 0 Å². The van der Waals surface area contributed by atoms with Crippen molar-refractivity contribution < 1.29 is 8.42 Å². The van der Waals surface area contributed by atoms with Gasteiger partial charge in [-0.25, -0.2) is 18.1 Å². The number of thiazole rings is 1. The predicted molar refractivity (Wildman–Crippen MR) is 80.0 cm³/mol. The molecular weight excluding hydrogens is 282 g/mol. The largest absolute Gasteiger partial charge is 0.315 e. The predicted octanol–water partition coefficient (Wildman–Crippen LogP) is 1.38. The smallest absolute Gasteiger partial charge is 0.211 e. The Hall–Kier alpha value is -0.500. The molecule has 0 saturated heterocycles. The average molecular weight is 305 g/mol. The Morgan fingerprint density at radius 2 is 2.11 bits per heavy atom. The van der Waals surface area contributed by atoms with E-state index in [0.29, 0.717) is 25.4 Å². The van der Waals surface area contributed by atoms with E-state index in [4.69, 9.17) is 0 Å². The zero-order valence-corrected chi connectivity index (χ0v) is 13.2. The molecule has 0 radical (unpaired) electrons. The first-order chi connectivity index (χ1) is 8.99. The molecule has 5 nitrogen and oxygen atoms in total. The van der Waals surface area contributed by atoms with Crippen LogP contribution < -0.4 is 10.0 Å². The maximum Gasteiger partial charge on any atom is 0.211 e. The Morgan fingerprint density at radius 1 is 1.32 bits per heavy atom. The lowest BCUT2D eigenvalue weighted by atomic mass is 10.3. The summed E-state index contributed by atoms with van der Waals surface area (Å²) in [5, 5.41) is 6.13. The van der Waals surface area contributed by atoms with E-state index in [2.05, 4.69) is 28.9 Å². The minimum absolute atomic E-state index is 0.199. The van der Waals surface area contributed by atoms with Gasteiger partial charge in [0.25, 0.3) is 0 Å². The first-order valence-electron chi connectivity index (χ1n) is 6.59. The lowest BCUT2D eigenvalue weighted by Crippen LogP contribution is -2.29. The summed E-state index contributed by atoms with van der Waals surface area (Å²) >= 11 is 1.55. The van der Waals surface area contributed by atoms with Gasteiger partial charge >= 0.3 is 0 Å². The number of hydrogen-bond donors (Lipinski definition) is 2. The molecule has 0 amide bonds. The van der Waals surface area contributed by atoms with Gasteiger partial charge in [0.1, 0.15) is 0 Å². The van der Waals surface area contributed by atoms with Crippen LogP contribution in [0.4, 0.5) is 0 Å². The molecule has 19 heavy (non-hydrogen) atoms. The molecule has 0 bridgehead atoms. The van der Waals surface area contributed by atoms with Crippen molar-refractivity contribution in [2.75, 3.05) is 18.8 Å². The van der Waals surface area contributed by atoms with E-state index in [-0.39, 0.29) is 5.75 Å². The van der Waals surface area contributed by atoms with Crippen molar-refractivity contribution in [2.24, 2.45) is 0 Å². The maximum atomic E-state index is 11.7. The Kier molecular flexibility index (Phi) is 7.52. The first-order valence-corrected chi connectivity index (χ1v) is 9.12. The molecule has 1 rings (SSSR count). The molecule has 0 atom stereocenters. The van der Waals surface area contributed by atoms with Gasteiger partial charge < -0.3 is 5.32 Å². The van der Waals surface area contributed by atoms with Gasteiger partial charge in [0.15, 0.2) is 0 Å². The Bertz CT molecular complexity index is 430. The number of unbranched alkanes of at least 4 members (excludes halogenated alkanes) is 1. The molecular formula is C12H23N3O2S2. The van der Waals surface area contributed by atoms with E-state index < -0.39 is 10.0 Å². The molecule has 0 saturated carbocycles. The molecule has 7 heteroatoms. The number of sulfonamides is 1. The first kappa shape index (κ1) is 16.6. The average Bonchev–Trinajstić information content (AvgIpc) is 2.80. The van der Waals surface area contributed by atoms with Crippen molar-refractivity contribution in [1.29, 1.82) is 0 Å². The summed E-state index contributed by atoms with van der Waals surface area (Å²) < 4.78 is 26.0. The maximum absolute atomic E-state index is 11.7. The molecule has 0 aliphatic rings. The highest BCUT2D eigenvalue weighted by Gasteiger charge is 2.09. The van der Waals surface area contributed by atoms with Crippen LogP contribution in [0, 0.1) is 0 Å². The van der Waals surface area contributed by atoms with Crippen molar-refractivity contribution in [2.45, 2.75) is 39.2 Å². The molecule has 1 aromatic heterocycles. The fourth-order valence-corrected chi connectivity index (χ4v) is 3.33. The molecule has 0 aliphatic heterocycles. The normalized spacial score (nSPS) is 12.2. The van der Waals surface area contributed by atoms with Crippen LogP contribution in [0.3, 0.4) is 0 Å². The second kappa shape index (κ2) is 8.63. The van der Waals surface area contributed by atoms with Crippen molar-refractivity contribution in [3.05, 3.63) is 16.6 Å². The third kappa shape index (κ3) is 8.30. The molecule has 0 unspecified atom stereocenters. The summed E-state index contributed by atoms with van der Waals surface area (Å²) in [5.74, 6) is 0.199. The van der Waals surface area contributed by atoms with Crippen LogP contribution in [-0.4, -0.2) is 38.3 Å². The Morgan fingerprint density at radius 3 is 2.74 bits per heavy atom. The Balaban J connectivity index is 2.10. The van der Waals surface area contributed by atoms with Crippen molar-refractivity contribution >= 4 is 21.4 Å². The van der Waals surface area contributed by atoms with E-state index in [1.54, 1.807) is 17.5 Å². The standard InChI is InChI=1S/C12H23N3O2S2/c1-11(2)13-6-3-4-10-19(16,17)15-7-5-12-14-8-9-18-12/h8-9,11,13,15H,3-7,10H2,1-2H3. The van der Waals surface area contributed by atoms with Crippen molar-refractivity contribution in [3.8, 4) is 0 Å². The highest BCUT2D eigenvalue weighted by molar-refractivity contribution is 7.89. The number of hydrogen-bond acceptors (Lipinski definition) is 5. The fourth-order valence-electron chi connectivity index (χ4n) is 1.57. The number of rotatable bonds is 10. The fraction of sp³-hybridized carbons (Fsp3) is 0.750. The zero-order valence-electron chi connectivity index (χ0n) is 11.6. The lowest BCUT2D eigenvalue weighted by Gasteiger charge is -2.08. The zero-order chi connectivity index (χ0) is 14.1. The number of nitrogens with zero attached hydrogens (tertiary/aromatic N) is 1. The van der Waals surface area contributed by atoms with E-state index in [1.807, 2.05) is 5.38 Å². The van der Waals surface area contributed by atoms with Crippen LogP contribution in [0.25, 0.3) is 0 Å². The molecule has 0 spiro atoms. The summed E-state index contributed by atoms with van der Waals surface area (Å²) in [5.41, 5.74) is 0. The Labute approximate surface area is 119 Å².